The van der Waals surface area contributed by atoms with Crippen LogP contribution in [-0.4, -0.2) is 53.6 Å². The molecule has 1 aromatic rings. The maximum Gasteiger partial charge on any atom is 0.345 e. The van der Waals surface area contributed by atoms with Crippen molar-refractivity contribution in [3.8, 4) is 5.88 Å². The van der Waals surface area contributed by atoms with E-state index in [0.29, 0.717) is 11.6 Å². The molecule has 1 aromatic heterocycles. The van der Waals surface area contributed by atoms with Gasteiger partial charge in [-0.3, -0.25) is 0 Å². The monoisotopic (exact) mass is 291 g/mol. The van der Waals surface area contributed by atoms with Gasteiger partial charge >= 0.3 is 6.61 Å². The lowest BCUT2D eigenvalue weighted by atomic mass is 10.1. The van der Waals surface area contributed by atoms with Crippen LogP contribution >= 0.6 is 11.7 Å². The Bertz CT molecular complexity index is 439. The smallest absolute Gasteiger partial charge is 0.345 e. The molecular formula is C11H15F2N3O2S. The fourth-order valence-corrected chi connectivity index (χ4v) is 2.34. The van der Waals surface area contributed by atoms with Gasteiger partial charge in [0.2, 0.25) is 0 Å². The quantitative estimate of drug-likeness (QED) is 0.749. The minimum Gasteiger partial charge on any atom is -0.473 e. The van der Waals surface area contributed by atoms with Crippen LogP contribution in [0.25, 0.3) is 5.57 Å². The van der Waals surface area contributed by atoms with Gasteiger partial charge in [-0.15, -0.1) is 4.37 Å². The molecule has 2 heterocycles. The zero-order valence-corrected chi connectivity index (χ0v) is 11.3. The normalized spacial score (nSPS) is 16.7. The lowest BCUT2D eigenvalue weighted by Gasteiger charge is -2.22. The molecule has 106 valence electrons. The van der Waals surface area contributed by atoms with Gasteiger partial charge in [0.25, 0.3) is 5.88 Å². The predicted octanol–water partition coefficient (Wildman–Crippen LogP) is 1.88. The Kier molecular flexibility index (Phi) is 5.17. The molecule has 5 nitrogen and oxygen atoms in total. The molecule has 1 aliphatic rings. The molecule has 0 aromatic carbocycles. The number of nitrogens with zero attached hydrogens (tertiary/aromatic N) is 3. The third-order valence-electron chi connectivity index (χ3n) is 2.67. The fourth-order valence-electron chi connectivity index (χ4n) is 1.81. The minimum atomic E-state index is -2.77. The predicted molar refractivity (Wildman–Crippen MR) is 67.5 cm³/mol. The summed E-state index contributed by atoms with van der Waals surface area (Å²) >= 11 is 1.05. The van der Waals surface area contributed by atoms with Gasteiger partial charge in [-0.1, -0.05) is 6.08 Å². The number of hydrogen-bond acceptors (Lipinski definition) is 6. The Hall–Kier alpha value is -1.12. The van der Waals surface area contributed by atoms with E-state index in [9.17, 15) is 8.78 Å². The van der Waals surface area contributed by atoms with Crippen LogP contribution in [0.1, 0.15) is 12.1 Å². The van der Waals surface area contributed by atoms with Crippen molar-refractivity contribution in [2.45, 2.75) is 13.0 Å². The van der Waals surface area contributed by atoms with E-state index in [4.69, 9.17) is 4.74 Å². The fraction of sp³-hybridized carbons (Fsp3) is 0.636. The highest BCUT2D eigenvalue weighted by molar-refractivity contribution is 6.99. The SMILES string of the molecule is CN1CCC=C(c2nsnc2OCCOC(F)F)C1. The molecule has 1 aliphatic heterocycles. The molecule has 0 saturated carbocycles. The van der Waals surface area contributed by atoms with E-state index >= 15 is 0 Å². The third-order valence-corrected chi connectivity index (χ3v) is 3.18. The highest BCUT2D eigenvalue weighted by atomic mass is 32.1. The molecule has 0 fully saturated rings. The molecule has 0 saturated heterocycles. The van der Waals surface area contributed by atoms with Gasteiger partial charge < -0.3 is 14.4 Å². The Morgan fingerprint density at radius 1 is 1.42 bits per heavy atom. The lowest BCUT2D eigenvalue weighted by Crippen LogP contribution is -2.25. The maximum atomic E-state index is 11.8. The minimum absolute atomic E-state index is 0.0336. The molecule has 0 bridgehead atoms. The molecule has 19 heavy (non-hydrogen) atoms. The largest absolute Gasteiger partial charge is 0.473 e. The summed E-state index contributed by atoms with van der Waals surface area (Å²) in [5, 5.41) is 0. The van der Waals surface area contributed by atoms with E-state index in [1.165, 1.54) is 0 Å². The van der Waals surface area contributed by atoms with Gasteiger partial charge in [0, 0.05) is 13.1 Å². The summed E-state index contributed by atoms with van der Waals surface area (Å²) in [6, 6.07) is 0. The molecule has 0 radical (unpaired) electrons. The first kappa shape index (κ1) is 14.3. The topological polar surface area (TPSA) is 47.5 Å². The van der Waals surface area contributed by atoms with Crippen molar-refractivity contribution in [2.24, 2.45) is 0 Å². The Morgan fingerprint density at radius 2 is 2.26 bits per heavy atom. The number of ether oxygens (including phenoxy) is 2. The van der Waals surface area contributed by atoms with Crippen molar-refractivity contribution in [2.75, 3.05) is 33.4 Å². The zero-order chi connectivity index (χ0) is 13.7. The van der Waals surface area contributed by atoms with E-state index in [1.807, 2.05) is 7.05 Å². The van der Waals surface area contributed by atoms with Crippen LogP contribution in [0, 0.1) is 0 Å². The second-order valence-electron chi connectivity index (χ2n) is 4.15. The van der Waals surface area contributed by atoms with Gasteiger partial charge in [0.15, 0.2) is 0 Å². The number of hydrogen-bond donors (Lipinski definition) is 0. The summed E-state index contributed by atoms with van der Waals surface area (Å²) in [5.41, 5.74) is 1.76. The molecule has 0 aliphatic carbocycles. The van der Waals surface area contributed by atoms with Crippen LogP contribution in [0.15, 0.2) is 6.08 Å². The van der Waals surface area contributed by atoms with E-state index in [0.717, 1.165) is 36.8 Å². The molecule has 0 amide bonds. The summed E-state index contributed by atoms with van der Waals surface area (Å²) < 4.78 is 41.3. The zero-order valence-electron chi connectivity index (χ0n) is 10.5. The first-order valence-corrected chi connectivity index (χ1v) is 6.63. The van der Waals surface area contributed by atoms with Crippen LogP contribution in [0.4, 0.5) is 8.78 Å². The number of rotatable bonds is 6. The Balaban J connectivity index is 1.92. The number of aromatic nitrogens is 2. The molecular weight excluding hydrogens is 276 g/mol. The third kappa shape index (κ3) is 4.19. The summed E-state index contributed by atoms with van der Waals surface area (Å²) in [6.07, 6.45) is 3.07. The van der Waals surface area contributed by atoms with Gasteiger partial charge in [-0.25, -0.2) is 0 Å². The second-order valence-corrected chi connectivity index (χ2v) is 4.68. The van der Waals surface area contributed by atoms with Crippen molar-refractivity contribution in [1.82, 2.24) is 13.6 Å². The standard InChI is InChI=1S/C11H15F2N3O2S/c1-16-4-2-3-8(7-16)9-10(15-19-14-9)17-5-6-18-11(12)13/h3,11H,2,4-7H2,1H3. The number of alkyl halides is 2. The van der Waals surface area contributed by atoms with Gasteiger partial charge in [-0.05, 0) is 19.0 Å². The van der Waals surface area contributed by atoms with Crippen molar-refractivity contribution in [3.63, 3.8) is 0 Å². The second kappa shape index (κ2) is 6.88. The van der Waals surface area contributed by atoms with E-state index in [2.05, 4.69) is 24.5 Å². The average Bonchev–Trinajstić information content (AvgIpc) is 2.83. The summed E-state index contributed by atoms with van der Waals surface area (Å²) in [6.45, 7) is -1.11. The van der Waals surface area contributed by atoms with Crippen LogP contribution in [0.5, 0.6) is 5.88 Å². The molecule has 8 heteroatoms. The van der Waals surface area contributed by atoms with E-state index in [-0.39, 0.29) is 13.2 Å². The molecule has 0 atom stereocenters. The highest BCUT2D eigenvalue weighted by Gasteiger charge is 2.18. The maximum absolute atomic E-state index is 11.8. The van der Waals surface area contributed by atoms with E-state index < -0.39 is 6.61 Å². The van der Waals surface area contributed by atoms with Crippen LogP contribution in [0.2, 0.25) is 0 Å². The molecule has 0 spiro atoms. The lowest BCUT2D eigenvalue weighted by molar-refractivity contribution is -0.133. The number of likely N-dealkylation sites (N-methyl/N-ethyl adjacent to an activating group) is 1. The van der Waals surface area contributed by atoms with E-state index in [1.54, 1.807) is 0 Å². The number of halogens is 2. The van der Waals surface area contributed by atoms with Gasteiger partial charge in [0.1, 0.15) is 12.3 Å². The first-order valence-electron chi connectivity index (χ1n) is 5.90. The van der Waals surface area contributed by atoms with Crippen molar-refractivity contribution in [3.05, 3.63) is 11.8 Å². The van der Waals surface area contributed by atoms with Gasteiger partial charge in [-0.2, -0.15) is 13.2 Å². The van der Waals surface area contributed by atoms with Gasteiger partial charge in [0.05, 0.1) is 18.3 Å². The van der Waals surface area contributed by atoms with Crippen LogP contribution < -0.4 is 4.74 Å². The van der Waals surface area contributed by atoms with Crippen LogP contribution in [0.3, 0.4) is 0 Å². The Morgan fingerprint density at radius 3 is 3.00 bits per heavy atom. The summed E-state index contributed by atoms with van der Waals surface area (Å²) in [5.74, 6) is 0.393. The average molecular weight is 291 g/mol. The molecule has 2 rings (SSSR count). The molecule has 0 unspecified atom stereocenters. The van der Waals surface area contributed by atoms with Crippen molar-refractivity contribution in [1.29, 1.82) is 0 Å². The van der Waals surface area contributed by atoms with Crippen molar-refractivity contribution < 1.29 is 18.3 Å². The first-order chi connectivity index (χ1) is 9.16. The summed E-state index contributed by atoms with van der Waals surface area (Å²) in [7, 11) is 2.03. The summed E-state index contributed by atoms with van der Waals surface area (Å²) in [4.78, 5) is 2.18. The van der Waals surface area contributed by atoms with Crippen LogP contribution in [-0.2, 0) is 4.74 Å². The van der Waals surface area contributed by atoms with Crippen molar-refractivity contribution >= 4 is 17.3 Å². The highest BCUT2D eigenvalue weighted by Crippen LogP contribution is 2.26. The molecule has 0 N–H and O–H groups in total. The Labute approximate surface area is 114 Å².